The molecule has 10 heteroatoms. The summed E-state index contributed by atoms with van der Waals surface area (Å²) < 4.78 is 23.1. The van der Waals surface area contributed by atoms with Crippen molar-refractivity contribution >= 4 is 127 Å². The molecule has 102 heavy (non-hydrogen) atoms. The predicted molar refractivity (Wildman–Crippen MR) is 429 cm³/mol. The molecule has 0 radical (unpaired) electrons. The highest BCUT2D eigenvalue weighted by Gasteiger charge is 2.51. The molecule has 4 aromatic heterocycles. The van der Waals surface area contributed by atoms with Crippen LogP contribution in [0.2, 0.25) is 0 Å². The van der Waals surface area contributed by atoms with E-state index in [9.17, 15) is 0 Å². The van der Waals surface area contributed by atoms with Gasteiger partial charge in [-0.1, -0.05) is 234 Å². The lowest BCUT2D eigenvalue weighted by atomic mass is 9.79. The topological polar surface area (TPSA) is 46.9 Å². The Kier molecular flexibility index (Phi) is 16.0. The third-order valence-electron chi connectivity index (χ3n) is 20.4. The number of para-hydroxylation sites is 8. The molecule has 0 aliphatic carbocycles. The number of benzene rings is 14. The molecule has 18 aromatic rings. The molecule has 1 aliphatic heterocycles. The lowest BCUT2D eigenvalue weighted by molar-refractivity contribution is 0.00578. The Morgan fingerprint density at radius 1 is 0.284 bits per heavy atom. The molecule has 14 aromatic carbocycles. The first-order valence-corrected chi connectivity index (χ1v) is 35.1. The van der Waals surface area contributed by atoms with E-state index in [0.717, 1.165) is 54.8 Å². The fraction of sp³-hybridized carbons (Fsp3) is 0.0652. The minimum Gasteiger partial charge on any atom is -0.399 e. The van der Waals surface area contributed by atoms with Gasteiger partial charge in [-0.2, -0.15) is 0 Å². The second-order valence-corrected chi connectivity index (χ2v) is 27.8. The van der Waals surface area contributed by atoms with Crippen molar-refractivity contribution in [3.8, 4) is 56.1 Å². The Morgan fingerprint density at radius 3 is 0.980 bits per heavy atom. The Morgan fingerprint density at radius 2 is 0.588 bits per heavy atom. The highest BCUT2D eigenvalue weighted by atomic mass is 79.9. The number of aromatic nitrogens is 4. The summed E-state index contributed by atoms with van der Waals surface area (Å²) in [6.07, 6.45) is 0. The van der Waals surface area contributed by atoms with Crippen LogP contribution in [0.25, 0.3) is 153 Å². The smallest absolute Gasteiger partial charge is 0.399 e. The van der Waals surface area contributed by atoms with Crippen LogP contribution in [0.1, 0.15) is 27.7 Å². The van der Waals surface area contributed by atoms with Crippen molar-refractivity contribution in [2.24, 2.45) is 0 Å². The van der Waals surface area contributed by atoms with Gasteiger partial charge in [0, 0.05) is 70.3 Å². The molecule has 0 amide bonds. The van der Waals surface area contributed by atoms with Crippen molar-refractivity contribution in [3.63, 3.8) is 0 Å². The van der Waals surface area contributed by atoms with E-state index in [2.05, 4.69) is 351 Å². The van der Waals surface area contributed by atoms with Crippen molar-refractivity contribution in [2.75, 3.05) is 0 Å². The van der Waals surface area contributed by atoms with E-state index in [4.69, 9.17) is 22.5 Å². The maximum absolute atomic E-state index is 7.68. The van der Waals surface area contributed by atoms with E-state index < -0.39 is 18.3 Å². The van der Waals surface area contributed by atoms with Gasteiger partial charge in [-0.05, 0) is 176 Å². The molecule has 19 rings (SSSR count). The molecule has 1 fully saturated rings. The van der Waals surface area contributed by atoms with Crippen LogP contribution in [0.4, 0.5) is 11.4 Å². The lowest BCUT2D eigenvalue weighted by Crippen LogP contribution is -2.41. The zero-order valence-corrected chi connectivity index (χ0v) is 58.2. The average Bonchev–Trinajstić information content (AvgIpc) is 1.61. The summed E-state index contributed by atoms with van der Waals surface area (Å²) >= 11 is 3.24. The van der Waals surface area contributed by atoms with E-state index in [1.807, 2.05) is 42.5 Å². The summed E-state index contributed by atoms with van der Waals surface area (Å²) in [5.41, 5.74) is 22.2. The fourth-order valence-corrected chi connectivity index (χ4v) is 15.2. The second kappa shape index (κ2) is 25.8. The number of fused-ring (bicyclic) bond motifs is 12. The Balaban J connectivity index is 0.000000135. The summed E-state index contributed by atoms with van der Waals surface area (Å²) in [5.74, 6) is 0. The van der Waals surface area contributed by atoms with Gasteiger partial charge in [-0.3, -0.25) is 0 Å². The van der Waals surface area contributed by atoms with Crippen LogP contribution in [0.5, 0.6) is 0 Å². The van der Waals surface area contributed by atoms with Crippen LogP contribution in [0.15, 0.2) is 332 Å². The molecule has 486 valence electrons. The molecule has 8 nitrogen and oxygen atoms in total. The summed E-state index contributed by atoms with van der Waals surface area (Å²) in [6, 6.07) is 116. The van der Waals surface area contributed by atoms with Crippen LogP contribution < -0.4 is 5.46 Å². The van der Waals surface area contributed by atoms with E-state index in [1.54, 1.807) is 6.07 Å². The maximum Gasteiger partial charge on any atom is 0.494 e. The maximum atomic E-state index is 7.68. The first-order valence-electron chi connectivity index (χ1n) is 34.3. The third kappa shape index (κ3) is 11.0. The number of hydrogen-bond donors (Lipinski definition) is 0. The molecule has 1 saturated heterocycles. The highest BCUT2D eigenvalue weighted by Crippen LogP contribution is 2.42. The number of nitrogens with zero attached hydrogens (tertiary/aromatic N) is 6. The van der Waals surface area contributed by atoms with Crippen LogP contribution in [0.3, 0.4) is 0 Å². The lowest BCUT2D eigenvalue weighted by Gasteiger charge is -2.32. The Labute approximate surface area is 600 Å². The van der Waals surface area contributed by atoms with Gasteiger partial charge < -0.3 is 27.6 Å². The molecular formula is C92H66BBrN6O2. The quantitative estimate of drug-likeness (QED) is 0.112. The summed E-state index contributed by atoms with van der Waals surface area (Å²) in [5, 5.41) is 9.94. The average molecular weight is 1380 g/mol. The SMILES string of the molecule is CC1(C)OB(c2cccc(-n3c4ccccc4c4cc(-c5cccc(-n6c7ccccc7c7ccccc76)c5)ccc43)c2)OC1(C)C.[C-]#[N+]c1ccccc1-c1cccc(-n2c3ccccc3c3cc(-c4cccc(-n5c6ccccc6c6ccccc65)c4)ccc32)c1.[C-]#[N+]c1ccccc1Br. The summed E-state index contributed by atoms with van der Waals surface area (Å²) in [6.45, 7) is 22.7. The van der Waals surface area contributed by atoms with E-state index in [0.29, 0.717) is 11.4 Å². The van der Waals surface area contributed by atoms with Gasteiger partial charge in [0.15, 0.2) is 5.69 Å². The molecule has 0 unspecified atom stereocenters. The van der Waals surface area contributed by atoms with Gasteiger partial charge in [0.1, 0.15) is 0 Å². The standard InChI is InChI=1S/C43H27N3.C42H35BN2O2.C7H4BrN/c1-44-39-20-6-2-16-34(39)31-13-11-15-33(27-31)46-42-23-9-5-19-37(42)38-28-30(24-25-43(38)46)29-12-10-14-32(26-29)45-40-21-7-3-17-35(40)36-18-4-8-22-41(36)45;1-41(2)42(3,4)47-43(46-41)30-14-12-16-32(27-30)45-39-22-10-7-19-35(39)36-26-29(23-24-40(36)45)28-13-11-15-31(25-28)44-37-20-8-5-17-33(37)34-18-6-9-21-38(34)44;1-9-7-5-3-2-4-6(7)8/h2-28H;5-27H,1-4H3;2-5H. The van der Waals surface area contributed by atoms with Crippen LogP contribution in [-0.2, 0) is 9.31 Å². The van der Waals surface area contributed by atoms with Gasteiger partial charge in [-0.25, -0.2) is 9.69 Å². The molecule has 0 atom stereocenters. The van der Waals surface area contributed by atoms with E-state index in [1.165, 1.54) is 98.4 Å². The van der Waals surface area contributed by atoms with Crippen LogP contribution in [-0.4, -0.2) is 36.6 Å². The predicted octanol–water partition coefficient (Wildman–Crippen LogP) is 24.6. The first kappa shape index (κ1) is 63.2. The molecule has 0 spiro atoms. The van der Waals surface area contributed by atoms with Crippen molar-refractivity contribution in [2.45, 2.75) is 38.9 Å². The molecule has 1 aliphatic rings. The number of halogens is 1. The fourth-order valence-electron chi connectivity index (χ4n) is 14.9. The second-order valence-electron chi connectivity index (χ2n) is 26.9. The van der Waals surface area contributed by atoms with Gasteiger partial charge >= 0.3 is 7.12 Å². The number of rotatable bonds is 8. The van der Waals surface area contributed by atoms with Crippen LogP contribution in [0, 0.1) is 13.1 Å². The number of hydrogen-bond acceptors (Lipinski definition) is 2. The zero-order chi connectivity index (χ0) is 69.2. The van der Waals surface area contributed by atoms with Gasteiger partial charge in [0.25, 0.3) is 0 Å². The van der Waals surface area contributed by atoms with Crippen molar-refractivity contribution in [3.05, 3.63) is 355 Å². The third-order valence-corrected chi connectivity index (χ3v) is 21.1. The molecule has 0 bridgehead atoms. The molecular weight excluding hydrogens is 1310 g/mol. The van der Waals surface area contributed by atoms with E-state index in [-0.39, 0.29) is 0 Å². The van der Waals surface area contributed by atoms with Crippen LogP contribution >= 0.6 is 15.9 Å². The van der Waals surface area contributed by atoms with Crippen molar-refractivity contribution in [1.82, 2.24) is 18.3 Å². The van der Waals surface area contributed by atoms with Crippen molar-refractivity contribution < 1.29 is 9.31 Å². The van der Waals surface area contributed by atoms with Gasteiger partial charge in [-0.15, -0.1) is 0 Å². The van der Waals surface area contributed by atoms with E-state index >= 15 is 0 Å². The Bertz CT molecular complexity index is 6310. The van der Waals surface area contributed by atoms with Crippen molar-refractivity contribution in [1.29, 1.82) is 0 Å². The Hall–Kier alpha value is -12.3. The largest absolute Gasteiger partial charge is 0.494 e. The molecule has 0 saturated carbocycles. The van der Waals surface area contributed by atoms with Gasteiger partial charge in [0.05, 0.1) is 68.5 Å². The molecule has 0 N–H and O–H groups in total. The minimum atomic E-state index is -0.415. The monoisotopic (exact) mass is 1380 g/mol. The summed E-state index contributed by atoms with van der Waals surface area (Å²) in [7, 11) is -0.415. The highest BCUT2D eigenvalue weighted by molar-refractivity contribution is 9.10. The zero-order valence-electron chi connectivity index (χ0n) is 56.6. The summed E-state index contributed by atoms with van der Waals surface area (Å²) in [4.78, 5) is 7.04. The normalized spacial score (nSPS) is 13.2. The minimum absolute atomic E-state index is 0.393. The van der Waals surface area contributed by atoms with Gasteiger partial charge in [0.2, 0.25) is 5.69 Å². The first-order chi connectivity index (χ1) is 49.9. The molecule has 5 heterocycles.